The van der Waals surface area contributed by atoms with Gasteiger partial charge in [0.2, 0.25) is 0 Å². The van der Waals surface area contributed by atoms with Gasteiger partial charge in [0.05, 0.1) is 18.7 Å². The summed E-state index contributed by atoms with van der Waals surface area (Å²) < 4.78 is 5.20. The largest absolute Gasteiger partial charge is 0.466 e. The van der Waals surface area contributed by atoms with Crippen molar-refractivity contribution >= 4 is 28.9 Å². The predicted molar refractivity (Wildman–Crippen MR) is 156 cm³/mol. The lowest BCUT2D eigenvalue weighted by atomic mass is 9.81. The van der Waals surface area contributed by atoms with Crippen LogP contribution in [0, 0.1) is 6.92 Å². The number of amides is 2. The topological polar surface area (TPSA) is 67.4 Å². The number of aryl methyl sites for hydroxylation is 1. The number of esters is 1. The third-order valence-corrected chi connectivity index (χ3v) is 7.31. The summed E-state index contributed by atoms with van der Waals surface area (Å²) >= 11 is 0. The molecular formula is C33H38N2O3. The highest BCUT2D eigenvalue weighted by atomic mass is 16.5. The second-order valence-corrected chi connectivity index (χ2v) is 9.98. The summed E-state index contributed by atoms with van der Waals surface area (Å²) in [6, 6.07) is 24.3. The monoisotopic (exact) mass is 510 g/mol. The summed E-state index contributed by atoms with van der Waals surface area (Å²) in [5.41, 5.74) is 7.31. The first-order valence-corrected chi connectivity index (χ1v) is 13.6. The van der Waals surface area contributed by atoms with Gasteiger partial charge in [-0.1, -0.05) is 73.2 Å². The number of hydrogen-bond donors (Lipinski definition) is 2. The third kappa shape index (κ3) is 7.12. The van der Waals surface area contributed by atoms with E-state index in [2.05, 4.69) is 66.1 Å². The normalized spacial score (nSPS) is 15.8. The number of rotatable bonds is 9. The van der Waals surface area contributed by atoms with Gasteiger partial charge in [-0.3, -0.25) is 4.79 Å². The molecule has 3 aromatic rings. The van der Waals surface area contributed by atoms with Gasteiger partial charge in [0.15, 0.2) is 0 Å². The first kappa shape index (κ1) is 27.2. The second-order valence-electron chi connectivity index (χ2n) is 9.98. The van der Waals surface area contributed by atoms with E-state index in [0.717, 1.165) is 53.7 Å². The minimum Gasteiger partial charge on any atom is -0.466 e. The Balaban J connectivity index is 1.59. The van der Waals surface area contributed by atoms with Crippen molar-refractivity contribution < 1.29 is 14.3 Å². The Bertz CT molecular complexity index is 1270. The smallest absolute Gasteiger partial charge is 0.323 e. The van der Waals surface area contributed by atoms with Crippen molar-refractivity contribution in [3.63, 3.8) is 0 Å². The van der Waals surface area contributed by atoms with Crippen LogP contribution in [0.4, 0.5) is 16.2 Å². The van der Waals surface area contributed by atoms with E-state index in [-0.39, 0.29) is 17.9 Å². The molecule has 0 saturated carbocycles. The summed E-state index contributed by atoms with van der Waals surface area (Å²) in [7, 11) is 0. The van der Waals surface area contributed by atoms with Crippen LogP contribution in [0.3, 0.4) is 0 Å². The highest BCUT2D eigenvalue weighted by Gasteiger charge is 2.22. The number of hydrogen-bond acceptors (Lipinski definition) is 3. The lowest BCUT2D eigenvalue weighted by Gasteiger charge is -2.25. The molecule has 2 amide bonds. The fourth-order valence-corrected chi connectivity index (χ4v) is 5.15. The first-order valence-electron chi connectivity index (χ1n) is 13.6. The van der Waals surface area contributed by atoms with Crippen molar-refractivity contribution in [3.8, 4) is 0 Å². The van der Waals surface area contributed by atoms with Gasteiger partial charge in [0.1, 0.15) is 0 Å². The van der Waals surface area contributed by atoms with Crippen LogP contribution in [-0.4, -0.2) is 18.6 Å². The average molecular weight is 511 g/mol. The number of ether oxygens (including phenoxy) is 1. The van der Waals surface area contributed by atoms with E-state index in [0.29, 0.717) is 18.9 Å². The first-order chi connectivity index (χ1) is 18.5. The minimum atomic E-state index is -0.288. The number of anilines is 2. The molecule has 0 saturated heterocycles. The average Bonchev–Trinajstić information content (AvgIpc) is 2.94. The minimum absolute atomic E-state index is 0.0200. The van der Waals surface area contributed by atoms with E-state index >= 15 is 0 Å². The summed E-state index contributed by atoms with van der Waals surface area (Å²) in [5.74, 6) is 0.332. The molecule has 1 aliphatic carbocycles. The molecular weight excluding hydrogens is 472 g/mol. The molecule has 3 aromatic carbocycles. The van der Waals surface area contributed by atoms with Crippen LogP contribution in [0.2, 0.25) is 0 Å². The zero-order valence-corrected chi connectivity index (χ0v) is 22.6. The van der Waals surface area contributed by atoms with Crippen molar-refractivity contribution in [2.45, 2.75) is 64.7 Å². The fraction of sp³-hybridized carbons (Fsp3) is 0.333. The molecule has 2 unspecified atom stereocenters. The molecule has 0 spiro atoms. The Kier molecular flexibility index (Phi) is 9.36. The van der Waals surface area contributed by atoms with E-state index in [9.17, 15) is 9.59 Å². The number of carbonyl (C=O) groups is 2. The van der Waals surface area contributed by atoms with E-state index in [1.54, 1.807) is 0 Å². The van der Waals surface area contributed by atoms with Crippen molar-refractivity contribution in [1.82, 2.24) is 0 Å². The molecule has 5 heteroatoms. The van der Waals surface area contributed by atoms with E-state index in [4.69, 9.17) is 4.74 Å². The summed E-state index contributed by atoms with van der Waals surface area (Å²) in [6.45, 7) is 6.28. The molecule has 0 aromatic heterocycles. The predicted octanol–water partition coefficient (Wildman–Crippen LogP) is 8.44. The molecule has 198 valence electrons. The van der Waals surface area contributed by atoms with Crippen molar-refractivity contribution in [1.29, 1.82) is 0 Å². The van der Waals surface area contributed by atoms with Gasteiger partial charge in [-0.2, -0.15) is 0 Å². The Morgan fingerprint density at radius 3 is 2.39 bits per heavy atom. The number of urea groups is 1. The van der Waals surface area contributed by atoms with Crippen LogP contribution in [-0.2, 0) is 9.53 Å². The van der Waals surface area contributed by atoms with Gasteiger partial charge in [-0.25, -0.2) is 4.79 Å². The van der Waals surface area contributed by atoms with E-state index in [1.807, 2.05) is 44.2 Å². The van der Waals surface area contributed by atoms with Gasteiger partial charge >= 0.3 is 12.0 Å². The molecule has 4 rings (SSSR count). The summed E-state index contributed by atoms with van der Waals surface area (Å²) in [5, 5.41) is 6.05. The maximum Gasteiger partial charge on any atom is 0.323 e. The van der Waals surface area contributed by atoms with Crippen molar-refractivity contribution in [3.05, 3.63) is 101 Å². The molecule has 0 radical (unpaired) electrons. The molecule has 0 aliphatic heterocycles. The molecule has 1 aliphatic rings. The molecule has 0 heterocycles. The Morgan fingerprint density at radius 1 is 0.974 bits per heavy atom. The molecule has 5 nitrogen and oxygen atoms in total. The lowest BCUT2D eigenvalue weighted by Crippen LogP contribution is -2.21. The fourth-order valence-electron chi connectivity index (χ4n) is 5.15. The Labute approximate surface area is 226 Å². The van der Waals surface area contributed by atoms with E-state index in [1.165, 1.54) is 11.1 Å². The quantitative estimate of drug-likeness (QED) is 0.284. The standard InChI is InChI=1S/C33H38N2O3/c1-4-24(22-32(36)38-5-2)28-17-20-30(27-15-13-26(14-16-27)25-9-7-6-8-10-25)31(21-28)35-33(37)34-29-18-11-23(3)12-19-29/h6-12,15,17-21,24,26H,4-5,13-14,16,22H2,1-3H3,(H2,34,35,37). The maximum absolute atomic E-state index is 13.0. The van der Waals surface area contributed by atoms with Gasteiger partial charge in [0.25, 0.3) is 0 Å². The van der Waals surface area contributed by atoms with Crippen LogP contribution in [0.15, 0.2) is 78.9 Å². The van der Waals surface area contributed by atoms with Crippen LogP contribution in [0.1, 0.15) is 80.0 Å². The number of allylic oxidation sites excluding steroid dienone is 2. The SMILES string of the molecule is CCOC(=O)CC(CC)c1ccc(C2=CCC(c3ccccc3)CC2)c(NC(=O)Nc2ccc(C)cc2)c1. The van der Waals surface area contributed by atoms with Crippen LogP contribution >= 0.6 is 0 Å². The highest BCUT2D eigenvalue weighted by Crippen LogP contribution is 2.39. The molecule has 0 bridgehead atoms. The summed E-state index contributed by atoms with van der Waals surface area (Å²) in [6.07, 6.45) is 6.40. The van der Waals surface area contributed by atoms with Crippen molar-refractivity contribution in [2.75, 3.05) is 17.2 Å². The Hall–Kier alpha value is -3.86. The van der Waals surface area contributed by atoms with Gasteiger partial charge in [0, 0.05) is 11.3 Å². The zero-order valence-electron chi connectivity index (χ0n) is 22.6. The van der Waals surface area contributed by atoms with Crippen LogP contribution < -0.4 is 10.6 Å². The zero-order chi connectivity index (χ0) is 26.9. The molecule has 0 fully saturated rings. The molecule has 38 heavy (non-hydrogen) atoms. The lowest BCUT2D eigenvalue weighted by molar-refractivity contribution is -0.143. The highest BCUT2D eigenvalue weighted by molar-refractivity contribution is 6.01. The number of carbonyl (C=O) groups excluding carboxylic acids is 2. The second kappa shape index (κ2) is 13.1. The van der Waals surface area contributed by atoms with E-state index < -0.39 is 0 Å². The van der Waals surface area contributed by atoms with Gasteiger partial charge in [-0.05, 0) is 86.3 Å². The third-order valence-electron chi connectivity index (χ3n) is 7.31. The van der Waals surface area contributed by atoms with Crippen molar-refractivity contribution in [2.24, 2.45) is 0 Å². The maximum atomic E-state index is 13.0. The molecule has 2 N–H and O–H groups in total. The number of nitrogens with one attached hydrogen (secondary N) is 2. The molecule has 2 atom stereocenters. The Morgan fingerprint density at radius 2 is 1.74 bits per heavy atom. The van der Waals surface area contributed by atoms with Gasteiger partial charge in [-0.15, -0.1) is 0 Å². The van der Waals surface area contributed by atoms with Crippen LogP contribution in [0.5, 0.6) is 0 Å². The summed E-state index contributed by atoms with van der Waals surface area (Å²) in [4.78, 5) is 25.3. The van der Waals surface area contributed by atoms with Gasteiger partial charge < -0.3 is 15.4 Å². The number of benzene rings is 3. The van der Waals surface area contributed by atoms with Crippen LogP contribution in [0.25, 0.3) is 5.57 Å².